The molecule has 8 atom stereocenters. The summed E-state index contributed by atoms with van der Waals surface area (Å²) in [5.41, 5.74) is 10.2. The number of nitrogens with zero attached hydrogens (tertiary/aromatic N) is 3. The van der Waals surface area contributed by atoms with Gasteiger partial charge in [0.05, 0.1) is 49.3 Å². The van der Waals surface area contributed by atoms with Crippen molar-refractivity contribution in [1.82, 2.24) is 25.3 Å². The Bertz CT molecular complexity index is 1040. The van der Waals surface area contributed by atoms with Gasteiger partial charge in [0, 0.05) is 12.6 Å². The number of hydrogen-bond donors (Lipinski definition) is 7. The molecule has 1 aromatic rings. The first kappa shape index (κ1) is 26.4. The lowest BCUT2D eigenvalue weighted by molar-refractivity contribution is -0.128. The van der Waals surface area contributed by atoms with Gasteiger partial charge in [0.15, 0.2) is 0 Å². The first-order valence-corrected chi connectivity index (χ1v) is 14.9. The molecule has 8 N–H and O–H groups in total. The van der Waals surface area contributed by atoms with Crippen molar-refractivity contribution in [2.45, 2.75) is 99.6 Å². The number of ether oxygens (including phenoxy) is 1. The monoisotopic (exact) mass is 542 g/mol. The van der Waals surface area contributed by atoms with Crippen molar-refractivity contribution in [1.29, 1.82) is 0 Å². The summed E-state index contributed by atoms with van der Waals surface area (Å²) in [6.07, 6.45) is 4.67. The molecule has 1 aromatic carbocycles. The predicted molar refractivity (Wildman–Crippen MR) is 150 cm³/mol. The first-order chi connectivity index (χ1) is 18.9. The summed E-state index contributed by atoms with van der Waals surface area (Å²) < 4.78 is 6.33. The summed E-state index contributed by atoms with van der Waals surface area (Å²) in [5.74, 6) is 1.51. The van der Waals surface area contributed by atoms with Gasteiger partial charge >= 0.3 is 0 Å². The molecule has 0 radical (unpaired) electrons. The van der Waals surface area contributed by atoms with Crippen LogP contribution in [0.15, 0.2) is 18.2 Å². The zero-order valence-corrected chi connectivity index (χ0v) is 23.2. The fourth-order valence-electron chi connectivity index (χ4n) is 7.49. The Balaban J connectivity index is 0.864. The molecule has 11 heteroatoms. The van der Waals surface area contributed by atoms with E-state index in [1.54, 1.807) is 0 Å². The van der Waals surface area contributed by atoms with E-state index in [-0.39, 0.29) is 18.4 Å². The lowest BCUT2D eigenvalue weighted by Crippen LogP contribution is -2.68. The molecule has 39 heavy (non-hydrogen) atoms. The van der Waals surface area contributed by atoms with Crippen molar-refractivity contribution in [3.8, 4) is 0 Å². The second kappa shape index (κ2) is 10.4. The molecule has 11 nitrogen and oxygen atoms in total. The highest BCUT2D eigenvalue weighted by Gasteiger charge is 2.53. The molecule has 4 heterocycles. The van der Waals surface area contributed by atoms with E-state index in [9.17, 15) is 10.2 Å². The van der Waals surface area contributed by atoms with Gasteiger partial charge in [-0.2, -0.15) is 0 Å². The van der Waals surface area contributed by atoms with Crippen LogP contribution in [-0.2, 0) is 4.74 Å². The van der Waals surface area contributed by atoms with E-state index in [1.165, 1.54) is 49.0 Å². The third kappa shape index (κ3) is 4.96. The van der Waals surface area contributed by atoms with Gasteiger partial charge in [0.2, 0.25) is 0 Å². The summed E-state index contributed by atoms with van der Waals surface area (Å²) in [6, 6.07) is 7.40. The molecule has 0 amide bonds. The van der Waals surface area contributed by atoms with Gasteiger partial charge in [-0.1, -0.05) is 6.07 Å². The minimum atomic E-state index is -0.950. The minimum Gasteiger partial charge on any atom is -0.387 e. The number of aliphatic hydroxyl groups excluding tert-OH is 2. The molecule has 2 aliphatic carbocycles. The van der Waals surface area contributed by atoms with Crippen LogP contribution >= 0.6 is 0 Å². The van der Waals surface area contributed by atoms with Gasteiger partial charge in [-0.3, -0.25) is 15.5 Å². The van der Waals surface area contributed by atoms with Crippen LogP contribution in [0.3, 0.4) is 0 Å². The van der Waals surface area contributed by atoms with Crippen molar-refractivity contribution < 1.29 is 14.9 Å². The van der Waals surface area contributed by atoms with Crippen molar-refractivity contribution in [2.75, 3.05) is 44.6 Å². The van der Waals surface area contributed by atoms with Crippen molar-refractivity contribution in [3.05, 3.63) is 23.8 Å². The van der Waals surface area contributed by atoms with E-state index in [4.69, 9.17) is 10.5 Å². The molecule has 2 saturated carbocycles. The molecular formula is C28H46N8O3. The SMILES string of the molecule is CN(C[C@H]1O[C@@H](N2CNC3C(N)NCN(C)C32)[C@H](O)[C@@H]1O)C1CC(CCC2Nc3ccc(C4CC4)cc3N2)C1. The lowest BCUT2D eigenvalue weighted by atomic mass is 9.76. The number of fused-ring (bicyclic) bond motifs is 2. The summed E-state index contributed by atoms with van der Waals surface area (Å²) in [7, 11) is 4.16. The number of rotatable bonds is 8. The molecule has 0 aromatic heterocycles. The molecule has 0 spiro atoms. The number of aliphatic hydroxyl groups is 2. The minimum absolute atomic E-state index is 0.00820. The smallest absolute Gasteiger partial charge is 0.142 e. The van der Waals surface area contributed by atoms with Gasteiger partial charge in [-0.25, -0.2) is 4.90 Å². The fraction of sp³-hybridized carbons (Fsp3) is 0.786. The van der Waals surface area contributed by atoms with E-state index in [0.29, 0.717) is 32.1 Å². The largest absolute Gasteiger partial charge is 0.387 e. The van der Waals surface area contributed by atoms with Crippen LogP contribution in [0.1, 0.15) is 50.0 Å². The van der Waals surface area contributed by atoms with Crippen LogP contribution in [0, 0.1) is 5.92 Å². The second-order valence-electron chi connectivity index (χ2n) is 12.9. The van der Waals surface area contributed by atoms with Gasteiger partial charge in [0.1, 0.15) is 24.5 Å². The van der Waals surface area contributed by atoms with Crippen LogP contribution in [0.5, 0.6) is 0 Å². The normalized spacial score (nSPS) is 42.2. The molecular weight excluding hydrogens is 496 g/mol. The number of anilines is 2. The molecule has 6 aliphatic rings. The number of hydrogen-bond acceptors (Lipinski definition) is 11. The Hall–Kier alpha value is -1.54. The van der Waals surface area contributed by atoms with Crippen LogP contribution < -0.4 is 27.0 Å². The van der Waals surface area contributed by atoms with E-state index in [2.05, 4.69) is 61.2 Å². The Kier molecular flexibility index (Phi) is 7.02. The van der Waals surface area contributed by atoms with E-state index < -0.39 is 24.5 Å². The molecule has 4 aliphatic heterocycles. The molecule has 3 saturated heterocycles. The van der Waals surface area contributed by atoms with Crippen molar-refractivity contribution in [3.63, 3.8) is 0 Å². The van der Waals surface area contributed by atoms with Gasteiger partial charge < -0.3 is 36.2 Å². The van der Waals surface area contributed by atoms with E-state index in [0.717, 1.165) is 18.3 Å². The quantitative estimate of drug-likeness (QED) is 0.239. The number of likely N-dealkylation sites (N-methyl/N-ethyl adjacent to an activating group) is 2. The average molecular weight is 543 g/mol. The van der Waals surface area contributed by atoms with Crippen LogP contribution in [-0.4, -0.2) is 114 Å². The number of nitrogens with one attached hydrogen (secondary N) is 4. The van der Waals surface area contributed by atoms with Crippen molar-refractivity contribution in [2.24, 2.45) is 11.7 Å². The lowest BCUT2D eigenvalue weighted by Gasteiger charge is -2.44. The Labute approximate surface area is 231 Å². The number of nitrogens with two attached hydrogens (primary N) is 1. The van der Waals surface area contributed by atoms with E-state index in [1.807, 2.05) is 7.05 Å². The molecule has 5 fully saturated rings. The zero-order chi connectivity index (χ0) is 26.8. The van der Waals surface area contributed by atoms with Crippen LogP contribution in [0.4, 0.5) is 11.4 Å². The van der Waals surface area contributed by atoms with Crippen LogP contribution in [0.25, 0.3) is 0 Å². The van der Waals surface area contributed by atoms with Gasteiger partial charge in [-0.15, -0.1) is 0 Å². The third-order valence-corrected chi connectivity index (χ3v) is 10.2. The average Bonchev–Trinajstić information content (AvgIpc) is 3.42. The Morgan fingerprint density at radius 3 is 2.64 bits per heavy atom. The summed E-state index contributed by atoms with van der Waals surface area (Å²) in [6.45, 7) is 1.85. The van der Waals surface area contributed by atoms with Gasteiger partial charge in [-0.05, 0) is 82.2 Å². The topological polar surface area (TPSA) is 134 Å². The second-order valence-corrected chi connectivity index (χ2v) is 12.9. The Morgan fingerprint density at radius 2 is 1.85 bits per heavy atom. The molecule has 216 valence electrons. The van der Waals surface area contributed by atoms with Gasteiger partial charge in [0.25, 0.3) is 0 Å². The van der Waals surface area contributed by atoms with Crippen molar-refractivity contribution >= 4 is 11.4 Å². The molecule has 7 rings (SSSR count). The highest BCUT2D eigenvalue weighted by atomic mass is 16.6. The first-order valence-electron chi connectivity index (χ1n) is 14.9. The Morgan fingerprint density at radius 1 is 1.05 bits per heavy atom. The maximum absolute atomic E-state index is 10.9. The number of benzene rings is 1. The van der Waals surface area contributed by atoms with Crippen LogP contribution in [0.2, 0.25) is 0 Å². The fourth-order valence-corrected chi connectivity index (χ4v) is 7.49. The standard InChI is InChI=1S/C28H46N8O3/c1-34(12-21-24(37)25(38)28(39-21)36-14-30-23-26(29)31-13-35(2)27(23)36)18-9-15(10-18)3-8-22-32-19-7-6-17(16-4-5-16)11-20(19)33-22/h6-7,11,15-16,18,21-28,30-33,37-38H,3-5,8-10,12-14,29H2,1-2H3/t15?,18?,21-,22?,23?,24-,25-,26?,27?,28-/m1/s1. The highest BCUT2D eigenvalue weighted by molar-refractivity contribution is 5.75. The third-order valence-electron chi connectivity index (χ3n) is 10.2. The maximum atomic E-state index is 10.9. The maximum Gasteiger partial charge on any atom is 0.142 e. The summed E-state index contributed by atoms with van der Waals surface area (Å²) in [4.78, 5) is 6.60. The summed E-state index contributed by atoms with van der Waals surface area (Å²) in [5, 5.41) is 35.9. The molecule has 4 unspecified atom stereocenters. The zero-order valence-electron chi connectivity index (χ0n) is 23.2. The molecule has 0 bridgehead atoms. The summed E-state index contributed by atoms with van der Waals surface area (Å²) >= 11 is 0. The predicted octanol–water partition coefficient (Wildman–Crippen LogP) is -0.000500. The van der Waals surface area contributed by atoms with E-state index >= 15 is 0 Å². The highest BCUT2D eigenvalue weighted by Crippen LogP contribution is 2.44.